The number of halogens is 2. The molecule has 0 spiro atoms. The molecular weight excluding hydrogens is 367 g/mol. The molecular formula is C21H26Cl2N2O. The molecule has 0 bridgehead atoms. The quantitative estimate of drug-likeness (QED) is 0.447. The zero-order valence-electron chi connectivity index (χ0n) is 15.6. The Morgan fingerprint density at radius 1 is 1.23 bits per heavy atom. The van der Waals surface area contributed by atoms with Crippen LogP contribution < -0.4 is 0 Å². The average molecular weight is 393 g/mol. The lowest BCUT2D eigenvalue weighted by Crippen LogP contribution is -2.13. The van der Waals surface area contributed by atoms with Crippen LogP contribution in [0.5, 0.6) is 0 Å². The van der Waals surface area contributed by atoms with E-state index in [0.717, 1.165) is 18.4 Å². The molecule has 0 amide bonds. The van der Waals surface area contributed by atoms with Crippen molar-refractivity contribution in [1.82, 2.24) is 9.55 Å². The smallest absolute Gasteiger partial charge is 0.102 e. The Balaban J connectivity index is 2.03. The molecule has 0 saturated carbocycles. The molecule has 2 aromatic rings. The van der Waals surface area contributed by atoms with E-state index in [1.807, 2.05) is 22.9 Å². The van der Waals surface area contributed by atoms with Gasteiger partial charge < -0.3 is 9.30 Å². The van der Waals surface area contributed by atoms with Crippen molar-refractivity contribution in [3.63, 3.8) is 0 Å². The molecule has 2 rings (SSSR count). The molecule has 1 aromatic heterocycles. The summed E-state index contributed by atoms with van der Waals surface area (Å²) in [5.41, 5.74) is 3.61. The van der Waals surface area contributed by atoms with Gasteiger partial charge in [0.25, 0.3) is 0 Å². The van der Waals surface area contributed by atoms with Gasteiger partial charge in [0.05, 0.1) is 19.5 Å². The Bertz CT molecular complexity index is 747. The predicted molar refractivity (Wildman–Crippen MR) is 110 cm³/mol. The minimum Gasteiger partial charge on any atom is -0.368 e. The SMILES string of the molecule is CC(C)=CCC/C(C)=C/COC(Cn1ccnc1)c1ccc(Cl)cc1Cl. The van der Waals surface area contributed by atoms with E-state index in [1.165, 1.54) is 11.1 Å². The summed E-state index contributed by atoms with van der Waals surface area (Å²) in [5.74, 6) is 0. The molecule has 1 unspecified atom stereocenters. The lowest BCUT2D eigenvalue weighted by Gasteiger charge is -2.20. The van der Waals surface area contributed by atoms with Crippen molar-refractivity contribution >= 4 is 23.2 Å². The standard InChI is InChI=1S/C21H26Cl2N2O/c1-16(2)5-4-6-17(3)9-12-26-21(14-25-11-10-24-15-25)19-8-7-18(22)13-20(19)23/h5,7-11,13,15,21H,4,6,12,14H2,1-3H3/b17-9+. The zero-order chi connectivity index (χ0) is 18.9. The van der Waals surface area contributed by atoms with Crippen LogP contribution in [-0.2, 0) is 11.3 Å². The number of benzene rings is 1. The Morgan fingerprint density at radius 3 is 2.69 bits per heavy atom. The summed E-state index contributed by atoms with van der Waals surface area (Å²) in [7, 11) is 0. The van der Waals surface area contributed by atoms with Gasteiger partial charge in [0.2, 0.25) is 0 Å². The van der Waals surface area contributed by atoms with Gasteiger partial charge in [-0.05, 0) is 45.7 Å². The van der Waals surface area contributed by atoms with Crippen molar-refractivity contribution in [3.05, 3.63) is 75.8 Å². The molecule has 1 atom stereocenters. The maximum Gasteiger partial charge on any atom is 0.102 e. The fraction of sp³-hybridized carbons (Fsp3) is 0.381. The monoisotopic (exact) mass is 392 g/mol. The molecule has 3 nitrogen and oxygen atoms in total. The maximum absolute atomic E-state index is 6.39. The average Bonchev–Trinajstić information content (AvgIpc) is 3.07. The number of rotatable bonds is 9. The van der Waals surface area contributed by atoms with Crippen molar-refractivity contribution in [3.8, 4) is 0 Å². The number of imidazole rings is 1. The molecule has 0 aliphatic heterocycles. The second-order valence-corrected chi connectivity index (χ2v) is 7.46. The second kappa shape index (κ2) is 10.6. The summed E-state index contributed by atoms with van der Waals surface area (Å²) in [5, 5.41) is 1.24. The number of nitrogens with zero attached hydrogens (tertiary/aromatic N) is 2. The van der Waals surface area contributed by atoms with Crippen molar-refractivity contribution in [2.24, 2.45) is 0 Å². The van der Waals surface area contributed by atoms with Crippen molar-refractivity contribution in [2.75, 3.05) is 6.61 Å². The number of ether oxygens (including phenoxy) is 1. The van der Waals surface area contributed by atoms with Crippen molar-refractivity contribution in [1.29, 1.82) is 0 Å². The van der Waals surface area contributed by atoms with Gasteiger partial charge >= 0.3 is 0 Å². The van der Waals surface area contributed by atoms with E-state index in [2.05, 4.69) is 37.9 Å². The number of allylic oxidation sites excluding steroid dienone is 3. The van der Waals surface area contributed by atoms with Crippen molar-refractivity contribution < 1.29 is 4.74 Å². The molecule has 0 fully saturated rings. The molecule has 5 heteroatoms. The third kappa shape index (κ3) is 6.99. The summed E-state index contributed by atoms with van der Waals surface area (Å²) in [6.45, 7) is 7.57. The molecule has 1 aromatic carbocycles. The van der Waals surface area contributed by atoms with E-state index in [4.69, 9.17) is 27.9 Å². The highest BCUT2D eigenvalue weighted by molar-refractivity contribution is 6.35. The van der Waals surface area contributed by atoms with Gasteiger partial charge in [-0.3, -0.25) is 0 Å². The molecule has 140 valence electrons. The van der Waals surface area contributed by atoms with Gasteiger partial charge in [-0.2, -0.15) is 0 Å². The first-order chi connectivity index (χ1) is 12.5. The van der Waals surface area contributed by atoms with E-state index in [1.54, 1.807) is 18.6 Å². The Labute approximate surface area is 166 Å². The molecule has 1 heterocycles. The van der Waals surface area contributed by atoms with Crippen LogP contribution in [0.3, 0.4) is 0 Å². The van der Waals surface area contributed by atoms with E-state index in [9.17, 15) is 0 Å². The third-order valence-electron chi connectivity index (χ3n) is 4.07. The van der Waals surface area contributed by atoms with Crippen LogP contribution in [0.2, 0.25) is 10.0 Å². The molecule has 0 radical (unpaired) electrons. The van der Waals surface area contributed by atoms with E-state index >= 15 is 0 Å². The van der Waals surface area contributed by atoms with E-state index in [-0.39, 0.29) is 6.10 Å². The lowest BCUT2D eigenvalue weighted by atomic mass is 10.1. The first-order valence-electron chi connectivity index (χ1n) is 8.77. The highest BCUT2D eigenvalue weighted by Gasteiger charge is 2.16. The third-order valence-corrected chi connectivity index (χ3v) is 4.63. The lowest BCUT2D eigenvalue weighted by molar-refractivity contribution is 0.0603. The Morgan fingerprint density at radius 2 is 2.04 bits per heavy atom. The van der Waals surface area contributed by atoms with Crippen LogP contribution in [0.25, 0.3) is 0 Å². The first-order valence-corrected chi connectivity index (χ1v) is 9.52. The Hall–Kier alpha value is -1.55. The van der Waals surface area contributed by atoms with E-state index < -0.39 is 0 Å². The fourth-order valence-corrected chi connectivity index (χ4v) is 3.12. The van der Waals surface area contributed by atoms with Gasteiger partial charge in [-0.25, -0.2) is 4.98 Å². The molecule has 26 heavy (non-hydrogen) atoms. The molecule has 0 saturated heterocycles. The Kier molecular flexibility index (Phi) is 8.43. The van der Waals surface area contributed by atoms with Gasteiger partial charge in [0, 0.05) is 28.0 Å². The second-order valence-electron chi connectivity index (χ2n) is 6.62. The fourth-order valence-electron chi connectivity index (χ4n) is 2.59. The van der Waals surface area contributed by atoms with Crippen LogP contribution in [-0.4, -0.2) is 16.2 Å². The van der Waals surface area contributed by atoms with Gasteiger partial charge in [-0.1, -0.05) is 52.6 Å². The van der Waals surface area contributed by atoms with Crippen LogP contribution in [0.4, 0.5) is 0 Å². The van der Waals surface area contributed by atoms with Crippen molar-refractivity contribution in [2.45, 2.75) is 46.3 Å². The van der Waals surface area contributed by atoms with Gasteiger partial charge in [0.15, 0.2) is 0 Å². The van der Waals surface area contributed by atoms with Gasteiger partial charge in [-0.15, -0.1) is 0 Å². The largest absolute Gasteiger partial charge is 0.368 e. The highest BCUT2D eigenvalue weighted by Crippen LogP contribution is 2.29. The number of aromatic nitrogens is 2. The molecule has 0 aliphatic carbocycles. The first kappa shape index (κ1) is 20.8. The van der Waals surface area contributed by atoms with Crippen LogP contribution in [0.15, 0.2) is 60.2 Å². The predicted octanol–water partition coefficient (Wildman–Crippen LogP) is 6.64. The van der Waals surface area contributed by atoms with E-state index in [0.29, 0.717) is 23.2 Å². The summed E-state index contributed by atoms with van der Waals surface area (Å²) in [6, 6.07) is 5.52. The normalized spacial score (nSPS) is 12.9. The minimum atomic E-state index is -0.171. The molecule has 0 aliphatic rings. The van der Waals surface area contributed by atoms with Crippen LogP contribution in [0, 0.1) is 0 Å². The summed E-state index contributed by atoms with van der Waals surface area (Å²) in [6.07, 6.45) is 11.8. The zero-order valence-corrected chi connectivity index (χ0v) is 17.1. The molecule has 0 N–H and O–H groups in total. The summed E-state index contributed by atoms with van der Waals surface area (Å²) >= 11 is 12.4. The number of hydrogen-bond donors (Lipinski definition) is 0. The number of hydrogen-bond acceptors (Lipinski definition) is 2. The topological polar surface area (TPSA) is 27.1 Å². The maximum atomic E-state index is 6.39. The summed E-state index contributed by atoms with van der Waals surface area (Å²) < 4.78 is 8.14. The summed E-state index contributed by atoms with van der Waals surface area (Å²) in [4.78, 5) is 4.10. The van der Waals surface area contributed by atoms with Gasteiger partial charge in [0.1, 0.15) is 6.10 Å². The van der Waals surface area contributed by atoms with Crippen LogP contribution in [0.1, 0.15) is 45.3 Å². The minimum absolute atomic E-state index is 0.171. The highest BCUT2D eigenvalue weighted by atomic mass is 35.5. The van der Waals surface area contributed by atoms with Crippen LogP contribution >= 0.6 is 23.2 Å².